The number of fused-ring (bicyclic) bond motifs is 1. The monoisotopic (exact) mass is 308 g/mol. The summed E-state index contributed by atoms with van der Waals surface area (Å²) in [5.41, 5.74) is 4.24. The fourth-order valence-corrected chi connectivity index (χ4v) is 2.81. The number of carbonyl (C=O) groups excluding carboxylic acids is 1. The maximum absolute atomic E-state index is 12.6. The van der Waals surface area contributed by atoms with Crippen molar-refractivity contribution in [2.24, 2.45) is 7.05 Å². The van der Waals surface area contributed by atoms with E-state index in [1.54, 1.807) is 4.68 Å². The van der Waals surface area contributed by atoms with Crippen LogP contribution in [-0.4, -0.2) is 27.2 Å². The van der Waals surface area contributed by atoms with Gasteiger partial charge in [-0.3, -0.25) is 9.48 Å². The molecule has 0 spiro atoms. The molecule has 0 aliphatic carbocycles. The fraction of sp³-hybridized carbons (Fsp3) is 0.278. The second-order valence-electron chi connectivity index (χ2n) is 5.71. The summed E-state index contributed by atoms with van der Waals surface area (Å²) in [4.78, 5) is 17.1. The van der Waals surface area contributed by atoms with Crippen molar-refractivity contribution < 1.29 is 4.79 Å². The molecule has 2 aromatic heterocycles. The Morgan fingerprint density at radius 1 is 1.22 bits per heavy atom. The summed E-state index contributed by atoms with van der Waals surface area (Å²) in [7, 11) is 1.85. The first kappa shape index (κ1) is 15.2. The molecule has 0 aliphatic heterocycles. The number of benzene rings is 1. The Morgan fingerprint density at radius 3 is 2.70 bits per heavy atom. The summed E-state index contributed by atoms with van der Waals surface area (Å²) in [6.07, 6.45) is 0.811. The van der Waals surface area contributed by atoms with Gasteiger partial charge in [-0.25, -0.2) is 4.98 Å². The Kier molecular flexibility index (Phi) is 4.10. The van der Waals surface area contributed by atoms with Crippen molar-refractivity contribution in [1.82, 2.24) is 20.1 Å². The van der Waals surface area contributed by atoms with Crippen LogP contribution in [0.15, 0.2) is 36.4 Å². The van der Waals surface area contributed by atoms with Crippen LogP contribution in [0.5, 0.6) is 0 Å². The van der Waals surface area contributed by atoms with Gasteiger partial charge in [-0.2, -0.15) is 5.10 Å². The Labute approximate surface area is 135 Å². The van der Waals surface area contributed by atoms with Crippen LogP contribution >= 0.6 is 0 Å². The van der Waals surface area contributed by atoms with Gasteiger partial charge in [0, 0.05) is 19.3 Å². The normalized spacial score (nSPS) is 10.9. The second-order valence-corrected chi connectivity index (χ2v) is 5.71. The summed E-state index contributed by atoms with van der Waals surface area (Å²) >= 11 is 0. The fourth-order valence-electron chi connectivity index (χ4n) is 2.81. The minimum Gasteiger partial charge on any atom is -0.352 e. The van der Waals surface area contributed by atoms with E-state index in [0.717, 1.165) is 28.8 Å². The molecule has 1 amide bonds. The summed E-state index contributed by atoms with van der Waals surface area (Å²) in [5.74, 6) is -0.0764. The molecule has 1 N–H and O–H groups in total. The minimum absolute atomic E-state index is 0.0764. The molecule has 0 fully saturated rings. The van der Waals surface area contributed by atoms with Crippen LogP contribution in [0.4, 0.5) is 0 Å². The largest absolute Gasteiger partial charge is 0.352 e. The summed E-state index contributed by atoms with van der Waals surface area (Å²) in [5, 5.41) is 8.20. The van der Waals surface area contributed by atoms with Crippen molar-refractivity contribution in [3.8, 4) is 0 Å². The number of amides is 1. The van der Waals surface area contributed by atoms with Crippen LogP contribution in [0.3, 0.4) is 0 Å². The van der Waals surface area contributed by atoms with Crippen LogP contribution in [0.1, 0.15) is 27.3 Å². The van der Waals surface area contributed by atoms with Gasteiger partial charge in [-0.15, -0.1) is 0 Å². The maximum atomic E-state index is 12.6. The van der Waals surface area contributed by atoms with Crippen LogP contribution in [0.2, 0.25) is 0 Å². The SMILES string of the molecule is Cc1cc(C(=O)NCCc2ccccc2)c2c(C)nn(C)c2n1. The lowest BCUT2D eigenvalue weighted by Crippen LogP contribution is -2.26. The Balaban J connectivity index is 1.81. The third kappa shape index (κ3) is 3.08. The lowest BCUT2D eigenvalue weighted by molar-refractivity contribution is 0.0955. The summed E-state index contributed by atoms with van der Waals surface area (Å²) < 4.78 is 1.72. The smallest absolute Gasteiger partial charge is 0.252 e. The van der Waals surface area contributed by atoms with Crippen molar-refractivity contribution in [1.29, 1.82) is 0 Å². The van der Waals surface area contributed by atoms with Crippen molar-refractivity contribution in [2.75, 3.05) is 6.54 Å². The molecule has 3 aromatic rings. The minimum atomic E-state index is -0.0764. The molecule has 3 rings (SSSR count). The molecule has 0 saturated carbocycles. The van der Waals surface area contributed by atoms with E-state index in [0.29, 0.717) is 12.1 Å². The van der Waals surface area contributed by atoms with Crippen molar-refractivity contribution in [2.45, 2.75) is 20.3 Å². The summed E-state index contributed by atoms with van der Waals surface area (Å²) in [6.45, 7) is 4.40. The molecule has 1 aromatic carbocycles. The lowest BCUT2D eigenvalue weighted by Gasteiger charge is -2.08. The zero-order valence-corrected chi connectivity index (χ0v) is 13.6. The average Bonchev–Trinajstić information content (AvgIpc) is 2.82. The van der Waals surface area contributed by atoms with Gasteiger partial charge in [0.25, 0.3) is 5.91 Å². The number of nitrogens with zero attached hydrogens (tertiary/aromatic N) is 3. The third-order valence-electron chi connectivity index (χ3n) is 3.88. The standard InChI is InChI=1S/C18H20N4O/c1-12-11-15(16-13(2)21-22(3)17(16)20-12)18(23)19-10-9-14-7-5-4-6-8-14/h4-8,11H,9-10H2,1-3H3,(H,19,23). The van der Waals surface area contributed by atoms with Gasteiger partial charge in [0.05, 0.1) is 16.6 Å². The number of carbonyl (C=O) groups is 1. The molecular weight excluding hydrogens is 288 g/mol. The van der Waals surface area contributed by atoms with E-state index in [1.165, 1.54) is 5.56 Å². The van der Waals surface area contributed by atoms with Crippen LogP contribution in [0, 0.1) is 13.8 Å². The lowest BCUT2D eigenvalue weighted by atomic mass is 10.1. The van der Waals surface area contributed by atoms with Crippen molar-refractivity contribution >= 4 is 16.9 Å². The number of rotatable bonds is 4. The summed E-state index contributed by atoms with van der Waals surface area (Å²) in [6, 6.07) is 12.0. The number of aryl methyl sites for hydroxylation is 3. The van der Waals surface area contributed by atoms with E-state index in [-0.39, 0.29) is 5.91 Å². The molecule has 0 radical (unpaired) electrons. The molecule has 5 nitrogen and oxygen atoms in total. The van der Waals surface area contributed by atoms with E-state index in [1.807, 2.05) is 45.2 Å². The molecule has 0 aliphatic rings. The van der Waals surface area contributed by atoms with Crippen molar-refractivity contribution in [3.05, 3.63) is 58.9 Å². The van der Waals surface area contributed by atoms with Gasteiger partial charge in [-0.1, -0.05) is 30.3 Å². The molecular formula is C18H20N4O. The van der Waals surface area contributed by atoms with Gasteiger partial charge < -0.3 is 5.32 Å². The van der Waals surface area contributed by atoms with E-state index < -0.39 is 0 Å². The average molecular weight is 308 g/mol. The van der Waals surface area contributed by atoms with Crippen molar-refractivity contribution in [3.63, 3.8) is 0 Å². The number of aromatic nitrogens is 3. The van der Waals surface area contributed by atoms with E-state index in [4.69, 9.17) is 0 Å². The highest BCUT2D eigenvalue weighted by Crippen LogP contribution is 2.21. The van der Waals surface area contributed by atoms with Gasteiger partial charge in [0.1, 0.15) is 0 Å². The Morgan fingerprint density at radius 2 is 1.96 bits per heavy atom. The molecule has 23 heavy (non-hydrogen) atoms. The molecule has 2 heterocycles. The molecule has 0 saturated heterocycles. The van der Waals surface area contributed by atoms with Gasteiger partial charge in [0.15, 0.2) is 5.65 Å². The van der Waals surface area contributed by atoms with Crippen LogP contribution in [-0.2, 0) is 13.5 Å². The quantitative estimate of drug-likeness (QED) is 0.806. The molecule has 0 bridgehead atoms. The van der Waals surface area contributed by atoms with E-state index in [2.05, 4.69) is 27.5 Å². The van der Waals surface area contributed by atoms with Gasteiger partial charge in [-0.05, 0) is 31.9 Å². The molecule has 5 heteroatoms. The second kappa shape index (κ2) is 6.20. The first-order chi connectivity index (χ1) is 11.1. The van der Waals surface area contributed by atoms with Gasteiger partial charge in [0.2, 0.25) is 0 Å². The number of hydrogen-bond donors (Lipinski definition) is 1. The Hall–Kier alpha value is -2.69. The zero-order chi connectivity index (χ0) is 16.4. The Bertz CT molecular complexity index is 852. The highest BCUT2D eigenvalue weighted by molar-refractivity contribution is 6.06. The van der Waals surface area contributed by atoms with Crippen LogP contribution < -0.4 is 5.32 Å². The third-order valence-corrected chi connectivity index (χ3v) is 3.88. The van der Waals surface area contributed by atoms with Crippen LogP contribution in [0.25, 0.3) is 11.0 Å². The number of hydrogen-bond acceptors (Lipinski definition) is 3. The first-order valence-corrected chi connectivity index (χ1v) is 7.69. The zero-order valence-electron chi connectivity index (χ0n) is 13.6. The predicted octanol–water partition coefficient (Wildman–Crippen LogP) is 2.56. The van der Waals surface area contributed by atoms with E-state index >= 15 is 0 Å². The van der Waals surface area contributed by atoms with E-state index in [9.17, 15) is 4.79 Å². The van der Waals surface area contributed by atoms with Gasteiger partial charge >= 0.3 is 0 Å². The number of pyridine rings is 1. The number of nitrogens with one attached hydrogen (secondary N) is 1. The molecule has 0 atom stereocenters. The predicted molar refractivity (Wildman–Crippen MR) is 90.5 cm³/mol. The maximum Gasteiger partial charge on any atom is 0.252 e. The molecule has 118 valence electrons. The molecule has 0 unspecified atom stereocenters. The highest BCUT2D eigenvalue weighted by atomic mass is 16.1. The highest BCUT2D eigenvalue weighted by Gasteiger charge is 2.17. The first-order valence-electron chi connectivity index (χ1n) is 7.69. The topological polar surface area (TPSA) is 59.8 Å².